The number of carbonyl (C=O) groups is 2. The first-order valence-electron chi connectivity index (χ1n) is 7.99. The van der Waals surface area contributed by atoms with Gasteiger partial charge in [0, 0.05) is 11.5 Å². The standard InChI is InChI=1S/C19H19N3O2/c23-18(15-9-5-2-6-10-15)20-13-17(14-7-3-1-4-8-14)21-22-19(24)16-11-12-16/h1-10,16H,11-13H2,(H,20,23)(H,22,24)/b21-17-. The molecule has 2 aromatic carbocycles. The predicted molar refractivity (Wildman–Crippen MR) is 92.6 cm³/mol. The van der Waals surface area contributed by atoms with Crippen molar-refractivity contribution in [1.82, 2.24) is 10.7 Å². The Morgan fingerprint density at radius 3 is 2.08 bits per heavy atom. The zero-order chi connectivity index (χ0) is 16.8. The van der Waals surface area contributed by atoms with Crippen molar-refractivity contribution in [3.05, 3.63) is 71.8 Å². The maximum Gasteiger partial charge on any atom is 0.251 e. The second-order valence-electron chi connectivity index (χ2n) is 5.72. The van der Waals surface area contributed by atoms with E-state index in [-0.39, 0.29) is 24.3 Å². The van der Waals surface area contributed by atoms with Crippen LogP contribution in [0, 0.1) is 5.92 Å². The van der Waals surface area contributed by atoms with Crippen LogP contribution in [0.5, 0.6) is 0 Å². The minimum Gasteiger partial charge on any atom is -0.346 e. The van der Waals surface area contributed by atoms with Crippen LogP contribution in [-0.4, -0.2) is 24.1 Å². The number of nitrogens with zero attached hydrogens (tertiary/aromatic N) is 1. The monoisotopic (exact) mass is 321 g/mol. The molecular formula is C19H19N3O2. The Bertz CT molecular complexity index is 738. The van der Waals surface area contributed by atoms with Crippen LogP contribution in [-0.2, 0) is 4.79 Å². The number of amides is 2. The van der Waals surface area contributed by atoms with E-state index in [9.17, 15) is 9.59 Å². The van der Waals surface area contributed by atoms with Gasteiger partial charge in [-0.3, -0.25) is 9.59 Å². The van der Waals surface area contributed by atoms with Crippen LogP contribution in [0.2, 0.25) is 0 Å². The fraction of sp³-hybridized carbons (Fsp3) is 0.211. The van der Waals surface area contributed by atoms with E-state index in [1.54, 1.807) is 12.1 Å². The quantitative estimate of drug-likeness (QED) is 0.633. The third-order valence-corrected chi connectivity index (χ3v) is 3.81. The molecule has 122 valence electrons. The van der Waals surface area contributed by atoms with E-state index < -0.39 is 0 Å². The first-order chi connectivity index (χ1) is 11.7. The van der Waals surface area contributed by atoms with Crippen LogP contribution in [0.3, 0.4) is 0 Å². The highest BCUT2D eigenvalue weighted by Crippen LogP contribution is 2.28. The first-order valence-corrected chi connectivity index (χ1v) is 7.99. The SMILES string of the molecule is O=C(NC/C(=N/NC(=O)C1CC1)c1ccccc1)c1ccccc1. The molecule has 0 heterocycles. The van der Waals surface area contributed by atoms with Crippen LogP contribution >= 0.6 is 0 Å². The second-order valence-corrected chi connectivity index (χ2v) is 5.72. The number of hydrogen-bond donors (Lipinski definition) is 2. The van der Waals surface area contributed by atoms with E-state index in [2.05, 4.69) is 15.8 Å². The lowest BCUT2D eigenvalue weighted by Crippen LogP contribution is -2.32. The molecular weight excluding hydrogens is 302 g/mol. The summed E-state index contributed by atoms with van der Waals surface area (Å²) in [5, 5.41) is 7.07. The summed E-state index contributed by atoms with van der Waals surface area (Å²) in [4.78, 5) is 24.0. The summed E-state index contributed by atoms with van der Waals surface area (Å²) in [5.41, 5.74) is 4.68. The molecule has 0 radical (unpaired) electrons. The lowest BCUT2D eigenvalue weighted by molar-refractivity contribution is -0.122. The summed E-state index contributed by atoms with van der Waals surface area (Å²) < 4.78 is 0. The number of hydrazone groups is 1. The van der Waals surface area contributed by atoms with Crippen LogP contribution in [0.1, 0.15) is 28.8 Å². The lowest BCUT2D eigenvalue weighted by atomic mass is 10.1. The number of nitrogens with one attached hydrogen (secondary N) is 2. The molecule has 0 aromatic heterocycles. The van der Waals surface area contributed by atoms with Crippen LogP contribution < -0.4 is 10.7 Å². The number of benzene rings is 2. The fourth-order valence-corrected chi connectivity index (χ4v) is 2.25. The first kappa shape index (κ1) is 15.9. The second kappa shape index (κ2) is 7.55. The summed E-state index contributed by atoms with van der Waals surface area (Å²) in [6.45, 7) is 0.239. The summed E-state index contributed by atoms with van der Waals surface area (Å²) in [7, 11) is 0. The van der Waals surface area contributed by atoms with Gasteiger partial charge in [0.25, 0.3) is 5.91 Å². The van der Waals surface area contributed by atoms with Crippen molar-refractivity contribution < 1.29 is 9.59 Å². The highest BCUT2D eigenvalue weighted by Gasteiger charge is 2.29. The van der Waals surface area contributed by atoms with Crippen molar-refractivity contribution >= 4 is 17.5 Å². The Morgan fingerprint density at radius 1 is 0.917 bits per heavy atom. The molecule has 5 heteroatoms. The third kappa shape index (κ3) is 4.29. The van der Waals surface area contributed by atoms with Gasteiger partial charge in [-0.2, -0.15) is 5.10 Å². The van der Waals surface area contributed by atoms with Gasteiger partial charge in [0.2, 0.25) is 5.91 Å². The molecule has 3 rings (SSSR count). The van der Waals surface area contributed by atoms with Gasteiger partial charge in [-0.05, 0) is 30.5 Å². The average molecular weight is 321 g/mol. The van der Waals surface area contributed by atoms with Crippen LogP contribution in [0.25, 0.3) is 0 Å². The van der Waals surface area contributed by atoms with Crippen molar-refractivity contribution in [2.75, 3.05) is 6.54 Å². The van der Waals surface area contributed by atoms with Gasteiger partial charge in [0.15, 0.2) is 0 Å². The van der Waals surface area contributed by atoms with E-state index in [1.807, 2.05) is 48.5 Å². The van der Waals surface area contributed by atoms with E-state index >= 15 is 0 Å². The molecule has 0 unspecified atom stereocenters. The van der Waals surface area contributed by atoms with Crippen molar-refractivity contribution in [2.24, 2.45) is 11.0 Å². The molecule has 2 N–H and O–H groups in total. The van der Waals surface area contributed by atoms with E-state index in [0.717, 1.165) is 18.4 Å². The van der Waals surface area contributed by atoms with E-state index in [4.69, 9.17) is 0 Å². The smallest absolute Gasteiger partial charge is 0.251 e. The summed E-state index contributed by atoms with van der Waals surface area (Å²) in [6.07, 6.45) is 1.85. The number of carbonyl (C=O) groups excluding carboxylic acids is 2. The third-order valence-electron chi connectivity index (χ3n) is 3.81. The number of rotatable bonds is 6. The Balaban J connectivity index is 1.69. The molecule has 0 saturated heterocycles. The largest absolute Gasteiger partial charge is 0.346 e. The van der Waals surface area contributed by atoms with E-state index in [1.165, 1.54) is 0 Å². The number of hydrogen-bond acceptors (Lipinski definition) is 3. The molecule has 5 nitrogen and oxygen atoms in total. The highest BCUT2D eigenvalue weighted by atomic mass is 16.2. The molecule has 1 saturated carbocycles. The van der Waals surface area contributed by atoms with Gasteiger partial charge in [0.1, 0.15) is 0 Å². The van der Waals surface area contributed by atoms with Crippen molar-refractivity contribution in [1.29, 1.82) is 0 Å². The molecule has 2 amide bonds. The van der Waals surface area contributed by atoms with Crippen LogP contribution in [0.15, 0.2) is 65.8 Å². The Labute approximate surface area is 140 Å². The van der Waals surface area contributed by atoms with Gasteiger partial charge in [0.05, 0.1) is 12.3 Å². The molecule has 1 aliphatic carbocycles. The molecule has 0 aliphatic heterocycles. The predicted octanol–water partition coefficient (Wildman–Crippen LogP) is 2.35. The van der Waals surface area contributed by atoms with Crippen molar-refractivity contribution in [3.8, 4) is 0 Å². The minimum atomic E-state index is -0.173. The molecule has 0 bridgehead atoms. The van der Waals surface area contributed by atoms with Crippen LogP contribution in [0.4, 0.5) is 0 Å². The van der Waals surface area contributed by atoms with Crippen molar-refractivity contribution in [2.45, 2.75) is 12.8 Å². The molecule has 0 atom stereocenters. The molecule has 2 aromatic rings. The fourth-order valence-electron chi connectivity index (χ4n) is 2.25. The average Bonchev–Trinajstić information content (AvgIpc) is 3.48. The van der Waals surface area contributed by atoms with Gasteiger partial charge in [-0.25, -0.2) is 5.43 Å². The molecule has 0 spiro atoms. The Hall–Kier alpha value is -2.95. The summed E-state index contributed by atoms with van der Waals surface area (Å²) >= 11 is 0. The van der Waals surface area contributed by atoms with E-state index in [0.29, 0.717) is 11.3 Å². The van der Waals surface area contributed by atoms with Gasteiger partial charge in [-0.1, -0.05) is 48.5 Å². The molecule has 1 fully saturated rings. The molecule has 1 aliphatic rings. The summed E-state index contributed by atoms with van der Waals surface area (Å²) in [5.74, 6) is -0.143. The maximum absolute atomic E-state index is 12.2. The topological polar surface area (TPSA) is 70.6 Å². The maximum atomic E-state index is 12.2. The zero-order valence-electron chi connectivity index (χ0n) is 13.2. The Morgan fingerprint density at radius 2 is 1.50 bits per heavy atom. The Kier molecular flexibility index (Phi) is 5.01. The normalized spacial score (nSPS) is 14.1. The zero-order valence-corrected chi connectivity index (χ0v) is 13.2. The van der Waals surface area contributed by atoms with Gasteiger partial charge < -0.3 is 5.32 Å². The lowest BCUT2D eigenvalue weighted by Gasteiger charge is -2.09. The van der Waals surface area contributed by atoms with Gasteiger partial charge >= 0.3 is 0 Å². The van der Waals surface area contributed by atoms with Gasteiger partial charge in [-0.15, -0.1) is 0 Å². The van der Waals surface area contributed by atoms with Crippen molar-refractivity contribution in [3.63, 3.8) is 0 Å². The summed E-state index contributed by atoms with van der Waals surface area (Å²) in [6, 6.07) is 18.5. The molecule has 24 heavy (non-hydrogen) atoms. The highest BCUT2D eigenvalue weighted by molar-refractivity contribution is 6.05. The minimum absolute atomic E-state index is 0.0576.